The number of piperazine rings is 1. The Morgan fingerprint density at radius 2 is 1.73 bits per heavy atom. The summed E-state index contributed by atoms with van der Waals surface area (Å²) in [6.07, 6.45) is 1.74. The van der Waals surface area contributed by atoms with E-state index < -0.39 is 11.0 Å². The van der Waals surface area contributed by atoms with Crippen LogP contribution in [0, 0.1) is 0 Å². The van der Waals surface area contributed by atoms with Crippen LogP contribution in [0.1, 0.15) is 13.8 Å². The summed E-state index contributed by atoms with van der Waals surface area (Å²) in [5.74, 6) is 0. The van der Waals surface area contributed by atoms with Crippen LogP contribution in [-0.4, -0.2) is 66.1 Å². The Kier molecular flexibility index (Phi) is 9.29. The molecule has 0 aromatic carbocycles. The smallest absolute Gasteiger partial charge is 0.0911 e. The first-order valence-corrected chi connectivity index (χ1v) is 7.05. The van der Waals surface area contributed by atoms with E-state index in [9.17, 15) is 4.21 Å². The van der Waals surface area contributed by atoms with Gasteiger partial charge in [-0.25, -0.2) is 8.51 Å². The standard InChI is InChI=1S/C8H18N2O2S.C2H6/c1-12-8-7-9-3-5-10(6-4-9)13(2)11;1-2/h3-8H2,1-2H3;1-2H3. The lowest BCUT2D eigenvalue weighted by Gasteiger charge is -2.32. The molecule has 15 heavy (non-hydrogen) atoms. The fourth-order valence-corrected chi connectivity index (χ4v) is 2.11. The topological polar surface area (TPSA) is 32.8 Å². The van der Waals surface area contributed by atoms with Crippen LogP contribution in [0.5, 0.6) is 0 Å². The molecule has 4 nitrogen and oxygen atoms in total. The second-order valence-electron chi connectivity index (χ2n) is 3.19. The van der Waals surface area contributed by atoms with E-state index in [0.717, 1.165) is 39.3 Å². The summed E-state index contributed by atoms with van der Waals surface area (Å²) >= 11 is 0. The van der Waals surface area contributed by atoms with Crippen molar-refractivity contribution in [2.45, 2.75) is 13.8 Å². The minimum atomic E-state index is -0.797. The zero-order valence-corrected chi connectivity index (χ0v) is 11.2. The van der Waals surface area contributed by atoms with Gasteiger partial charge in [0.25, 0.3) is 0 Å². The van der Waals surface area contributed by atoms with Crippen molar-refractivity contribution in [2.75, 3.05) is 52.7 Å². The van der Waals surface area contributed by atoms with E-state index in [1.54, 1.807) is 13.4 Å². The van der Waals surface area contributed by atoms with Gasteiger partial charge in [0.2, 0.25) is 0 Å². The number of nitrogens with zero attached hydrogens (tertiary/aromatic N) is 2. The molecule has 0 radical (unpaired) electrons. The van der Waals surface area contributed by atoms with Gasteiger partial charge >= 0.3 is 0 Å². The lowest BCUT2D eigenvalue weighted by Crippen LogP contribution is -2.47. The third-order valence-electron chi connectivity index (χ3n) is 2.31. The molecule has 1 unspecified atom stereocenters. The second-order valence-corrected chi connectivity index (χ2v) is 4.55. The van der Waals surface area contributed by atoms with Gasteiger partial charge in [0.05, 0.1) is 17.6 Å². The highest BCUT2D eigenvalue weighted by Crippen LogP contribution is 2.02. The summed E-state index contributed by atoms with van der Waals surface area (Å²) in [6, 6.07) is 0. The molecule has 1 atom stereocenters. The first-order chi connectivity index (χ1) is 7.24. The highest BCUT2D eigenvalue weighted by molar-refractivity contribution is 7.81. The van der Waals surface area contributed by atoms with E-state index >= 15 is 0 Å². The van der Waals surface area contributed by atoms with E-state index in [4.69, 9.17) is 4.74 Å². The van der Waals surface area contributed by atoms with Crippen LogP contribution >= 0.6 is 0 Å². The summed E-state index contributed by atoms with van der Waals surface area (Å²) < 4.78 is 18.1. The first kappa shape index (κ1) is 15.0. The van der Waals surface area contributed by atoms with Gasteiger partial charge in [0, 0.05) is 46.1 Å². The molecule has 0 saturated carbocycles. The van der Waals surface area contributed by atoms with Gasteiger partial charge in [-0.15, -0.1) is 0 Å². The highest BCUT2D eigenvalue weighted by Gasteiger charge is 2.17. The van der Waals surface area contributed by atoms with Gasteiger partial charge < -0.3 is 4.74 Å². The van der Waals surface area contributed by atoms with E-state index in [-0.39, 0.29) is 0 Å². The maximum atomic E-state index is 11.1. The van der Waals surface area contributed by atoms with Crippen LogP contribution in [-0.2, 0) is 15.7 Å². The van der Waals surface area contributed by atoms with Crippen molar-refractivity contribution >= 4 is 11.0 Å². The molecular weight excluding hydrogens is 212 g/mol. The first-order valence-electron chi connectivity index (χ1n) is 5.54. The summed E-state index contributed by atoms with van der Waals surface area (Å²) in [4.78, 5) is 2.34. The molecule has 1 aliphatic rings. The molecule has 92 valence electrons. The molecule has 0 aromatic rings. The van der Waals surface area contributed by atoms with Gasteiger partial charge in [-0.3, -0.25) is 4.90 Å². The van der Waals surface area contributed by atoms with Gasteiger partial charge in [0.15, 0.2) is 0 Å². The molecule has 1 rings (SSSR count). The van der Waals surface area contributed by atoms with Crippen molar-refractivity contribution in [3.8, 4) is 0 Å². The monoisotopic (exact) mass is 236 g/mol. The van der Waals surface area contributed by atoms with E-state index in [0.29, 0.717) is 0 Å². The van der Waals surface area contributed by atoms with Gasteiger partial charge in [-0.05, 0) is 0 Å². The normalized spacial score (nSPS) is 20.5. The summed E-state index contributed by atoms with van der Waals surface area (Å²) in [6.45, 7) is 9.60. The zero-order chi connectivity index (χ0) is 11.7. The lowest BCUT2D eigenvalue weighted by atomic mass is 10.4. The maximum Gasteiger partial charge on any atom is 0.0911 e. The van der Waals surface area contributed by atoms with Crippen molar-refractivity contribution in [2.24, 2.45) is 0 Å². The Hall–Kier alpha value is 0.0300. The molecule has 5 heteroatoms. The van der Waals surface area contributed by atoms with Crippen LogP contribution in [0.3, 0.4) is 0 Å². The second kappa shape index (κ2) is 9.27. The minimum Gasteiger partial charge on any atom is -0.383 e. The summed E-state index contributed by atoms with van der Waals surface area (Å²) in [7, 11) is 0.922. The number of methoxy groups -OCH3 is 1. The van der Waals surface area contributed by atoms with E-state index in [1.807, 2.05) is 18.2 Å². The van der Waals surface area contributed by atoms with Crippen LogP contribution < -0.4 is 0 Å². The van der Waals surface area contributed by atoms with Crippen LogP contribution in [0.15, 0.2) is 0 Å². The molecule has 1 aliphatic heterocycles. The number of ether oxygens (including phenoxy) is 1. The molecule has 0 spiro atoms. The number of hydrogen-bond donors (Lipinski definition) is 0. The molecule has 0 aliphatic carbocycles. The van der Waals surface area contributed by atoms with Crippen LogP contribution in [0.4, 0.5) is 0 Å². The fraction of sp³-hybridized carbons (Fsp3) is 1.00. The van der Waals surface area contributed by atoms with Crippen LogP contribution in [0.2, 0.25) is 0 Å². The van der Waals surface area contributed by atoms with Crippen molar-refractivity contribution < 1.29 is 8.95 Å². The molecule has 0 N–H and O–H groups in total. The Morgan fingerprint density at radius 3 is 2.13 bits per heavy atom. The summed E-state index contributed by atoms with van der Waals surface area (Å²) in [5, 5.41) is 0. The molecule has 0 amide bonds. The number of hydrogen-bond acceptors (Lipinski definition) is 3. The minimum absolute atomic E-state index is 0.787. The van der Waals surface area contributed by atoms with Crippen LogP contribution in [0.25, 0.3) is 0 Å². The van der Waals surface area contributed by atoms with Crippen molar-refractivity contribution in [1.29, 1.82) is 0 Å². The Bertz CT molecular complexity index is 171. The quantitative estimate of drug-likeness (QED) is 0.715. The molecule has 0 bridgehead atoms. The molecule has 1 heterocycles. The average molecular weight is 236 g/mol. The predicted molar refractivity (Wildman–Crippen MR) is 65.3 cm³/mol. The number of rotatable bonds is 4. The van der Waals surface area contributed by atoms with E-state index in [2.05, 4.69) is 4.90 Å². The van der Waals surface area contributed by atoms with Crippen molar-refractivity contribution in [3.05, 3.63) is 0 Å². The zero-order valence-electron chi connectivity index (χ0n) is 10.4. The molecule has 1 fully saturated rings. The predicted octanol–water partition coefficient (Wildman–Crippen LogP) is 0.570. The van der Waals surface area contributed by atoms with Gasteiger partial charge in [-0.1, -0.05) is 13.8 Å². The third kappa shape index (κ3) is 6.25. The largest absolute Gasteiger partial charge is 0.383 e. The Morgan fingerprint density at radius 1 is 1.20 bits per heavy atom. The Labute approximate surface area is 96.2 Å². The fourth-order valence-electron chi connectivity index (χ4n) is 1.43. The van der Waals surface area contributed by atoms with Gasteiger partial charge in [0.1, 0.15) is 0 Å². The SMILES string of the molecule is CC.COCCN1CCN(S(C)=O)CC1. The third-order valence-corrected chi connectivity index (χ3v) is 3.40. The lowest BCUT2D eigenvalue weighted by molar-refractivity contribution is 0.124. The molecular formula is C10H24N2O2S. The Balaban J connectivity index is 0.000000921. The summed E-state index contributed by atoms with van der Waals surface area (Å²) in [5.41, 5.74) is 0. The average Bonchev–Trinajstić information content (AvgIpc) is 2.29. The van der Waals surface area contributed by atoms with Crippen molar-refractivity contribution in [3.63, 3.8) is 0 Å². The van der Waals surface area contributed by atoms with Crippen molar-refractivity contribution in [1.82, 2.24) is 9.21 Å². The van der Waals surface area contributed by atoms with E-state index in [1.165, 1.54) is 0 Å². The highest BCUT2D eigenvalue weighted by atomic mass is 32.2. The molecule has 0 aromatic heterocycles. The maximum absolute atomic E-state index is 11.1. The van der Waals surface area contributed by atoms with Gasteiger partial charge in [-0.2, -0.15) is 0 Å². The molecule has 1 saturated heterocycles.